The second-order valence-electron chi connectivity index (χ2n) is 7.75. The lowest BCUT2D eigenvalue weighted by Gasteiger charge is -2.50. The standard InChI is InChI=1S/C22H22ClN3O3/c1-13(2)25-20(28)16-6-4-5-7-18(16)26-19(27)10-11-22(25,26)21(29)24-15-9-8-14(3)17(23)12-15/h4-9,12-13H,10-11H2,1-3H3,(H,24,29)/t22-/m0/s1. The Morgan fingerprint density at radius 3 is 2.59 bits per heavy atom. The van der Waals surface area contributed by atoms with E-state index in [1.54, 1.807) is 36.4 Å². The van der Waals surface area contributed by atoms with Crippen LogP contribution >= 0.6 is 11.6 Å². The molecule has 0 saturated carbocycles. The molecule has 2 aliphatic rings. The van der Waals surface area contributed by atoms with Crippen LogP contribution in [0.2, 0.25) is 5.02 Å². The number of rotatable bonds is 3. The zero-order valence-corrected chi connectivity index (χ0v) is 17.3. The molecule has 1 N–H and O–H groups in total. The molecule has 150 valence electrons. The van der Waals surface area contributed by atoms with E-state index in [0.717, 1.165) is 5.56 Å². The normalized spacial score (nSPS) is 20.7. The second kappa shape index (κ2) is 6.88. The number of nitrogens with one attached hydrogen (secondary N) is 1. The van der Waals surface area contributed by atoms with Crippen LogP contribution in [-0.2, 0) is 9.59 Å². The minimum absolute atomic E-state index is 0.173. The Morgan fingerprint density at radius 1 is 1.17 bits per heavy atom. The van der Waals surface area contributed by atoms with Gasteiger partial charge in [0.15, 0.2) is 0 Å². The van der Waals surface area contributed by atoms with Gasteiger partial charge in [0, 0.05) is 29.6 Å². The highest BCUT2D eigenvalue weighted by molar-refractivity contribution is 6.31. The first-order valence-electron chi connectivity index (χ1n) is 9.60. The number of carbonyl (C=O) groups excluding carboxylic acids is 3. The second-order valence-corrected chi connectivity index (χ2v) is 8.16. The van der Waals surface area contributed by atoms with Gasteiger partial charge >= 0.3 is 0 Å². The molecule has 7 heteroatoms. The van der Waals surface area contributed by atoms with Gasteiger partial charge in [-0.2, -0.15) is 0 Å². The van der Waals surface area contributed by atoms with Crippen LogP contribution in [0.25, 0.3) is 0 Å². The average Bonchev–Trinajstić information content (AvgIpc) is 3.03. The van der Waals surface area contributed by atoms with E-state index >= 15 is 0 Å². The summed E-state index contributed by atoms with van der Waals surface area (Å²) in [4.78, 5) is 42.9. The molecule has 6 nitrogen and oxygen atoms in total. The first-order chi connectivity index (χ1) is 13.8. The predicted octanol–water partition coefficient (Wildman–Crippen LogP) is 3.97. The Hall–Kier alpha value is -2.86. The molecule has 0 aromatic heterocycles. The number of anilines is 2. The van der Waals surface area contributed by atoms with Crippen molar-refractivity contribution < 1.29 is 14.4 Å². The molecule has 0 radical (unpaired) electrons. The quantitative estimate of drug-likeness (QED) is 0.830. The fourth-order valence-electron chi connectivity index (χ4n) is 4.31. The number of fused-ring (bicyclic) bond motifs is 3. The number of amides is 3. The first kappa shape index (κ1) is 19.5. The van der Waals surface area contributed by atoms with Gasteiger partial charge in [-0.05, 0) is 50.6 Å². The SMILES string of the molecule is Cc1ccc(NC(=O)[C@]23CCC(=O)N2c2ccccc2C(=O)N3C(C)C)cc1Cl. The molecule has 0 unspecified atom stereocenters. The minimum atomic E-state index is -1.41. The van der Waals surface area contributed by atoms with E-state index in [1.807, 2.05) is 26.8 Å². The van der Waals surface area contributed by atoms with Crippen molar-refractivity contribution in [3.05, 3.63) is 58.6 Å². The first-order valence-corrected chi connectivity index (χ1v) is 9.98. The molecule has 2 aliphatic heterocycles. The van der Waals surface area contributed by atoms with E-state index in [-0.39, 0.29) is 30.7 Å². The van der Waals surface area contributed by atoms with Crippen molar-refractivity contribution in [2.24, 2.45) is 0 Å². The predicted molar refractivity (Wildman–Crippen MR) is 112 cm³/mol. The van der Waals surface area contributed by atoms with Crippen LogP contribution in [-0.4, -0.2) is 34.3 Å². The molecule has 29 heavy (non-hydrogen) atoms. The third-order valence-electron chi connectivity index (χ3n) is 5.61. The Morgan fingerprint density at radius 2 is 1.90 bits per heavy atom. The molecule has 2 aromatic rings. The number of hydrogen-bond acceptors (Lipinski definition) is 3. The summed E-state index contributed by atoms with van der Waals surface area (Å²) >= 11 is 6.20. The van der Waals surface area contributed by atoms with Gasteiger partial charge in [0.1, 0.15) is 0 Å². The average molecular weight is 412 g/mol. The summed E-state index contributed by atoms with van der Waals surface area (Å²) in [6.45, 7) is 5.58. The van der Waals surface area contributed by atoms with Crippen LogP contribution < -0.4 is 10.2 Å². The lowest BCUT2D eigenvalue weighted by Crippen LogP contribution is -2.70. The molecule has 2 heterocycles. The smallest absolute Gasteiger partial charge is 0.271 e. The lowest BCUT2D eigenvalue weighted by molar-refractivity contribution is -0.129. The van der Waals surface area contributed by atoms with Gasteiger partial charge in [-0.15, -0.1) is 0 Å². The van der Waals surface area contributed by atoms with Crippen molar-refractivity contribution in [3.63, 3.8) is 0 Å². The van der Waals surface area contributed by atoms with Gasteiger partial charge in [0.25, 0.3) is 11.8 Å². The minimum Gasteiger partial charge on any atom is -0.322 e. The van der Waals surface area contributed by atoms with Gasteiger partial charge in [-0.3, -0.25) is 19.3 Å². The Kier molecular flexibility index (Phi) is 4.62. The Labute approximate surface area is 174 Å². The highest BCUT2D eigenvalue weighted by Crippen LogP contribution is 2.45. The molecule has 0 spiro atoms. The molecule has 0 aliphatic carbocycles. The Bertz CT molecular complexity index is 1040. The molecular formula is C22H22ClN3O3. The van der Waals surface area contributed by atoms with Crippen molar-refractivity contribution >= 4 is 40.7 Å². The summed E-state index contributed by atoms with van der Waals surface area (Å²) in [5.41, 5.74) is 0.918. The molecule has 1 fully saturated rings. The topological polar surface area (TPSA) is 69.7 Å². The molecule has 0 bridgehead atoms. The summed E-state index contributed by atoms with van der Waals surface area (Å²) in [6, 6.07) is 11.9. The lowest BCUT2D eigenvalue weighted by atomic mass is 9.94. The molecule has 4 rings (SSSR count). The summed E-state index contributed by atoms with van der Waals surface area (Å²) in [5, 5.41) is 3.42. The van der Waals surface area contributed by atoms with Gasteiger partial charge in [0.2, 0.25) is 11.6 Å². The summed E-state index contributed by atoms with van der Waals surface area (Å²) in [7, 11) is 0. The Balaban J connectivity index is 1.85. The summed E-state index contributed by atoms with van der Waals surface area (Å²) in [5.74, 6) is -0.842. The van der Waals surface area contributed by atoms with Crippen LogP contribution in [0.4, 0.5) is 11.4 Å². The van der Waals surface area contributed by atoms with Crippen molar-refractivity contribution in [2.45, 2.75) is 45.3 Å². The highest BCUT2D eigenvalue weighted by Gasteiger charge is 2.61. The number of halogens is 1. The van der Waals surface area contributed by atoms with E-state index < -0.39 is 11.6 Å². The van der Waals surface area contributed by atoms with E-state index in [1.165, 1.54) is 9.80 Å². The van der Waals surface area contributed by atoms with Crippen molar-refractivity contribution in [1.82, 2.24) is 4.90 Å². The van der Waals surface area contributed by atoms with Crippen molar-refractivity contribution in [3.8, 4) is 0 Å². The number of nitrogens with zero attached hydrogens (tertiary/aromatic N) is 2. The van der Waals surface area contributed by atoms with Crippen molar-refractivity contribution in [2.75, 3.05) is 10.2 Å². The summed E-state index contributed by atoms with van der Waals surface area (Å²) in [6.07, 6.45) is 0.419. The number of benzene rings is 2. The van der Waals surface area contributed by atoms with Gasteiger partial charge in [-0.25, -0.2) is 0 Å². The molecule has 2 aromatic carbocycles. The maximum Gasteiger partial charge on any atom is 0.271 e. The van der Waals surface area contributed by atoms with E-state index in [2.05, 4.69) is 5.32 Å². The summed E-state index contributed by atoms with van der Waals surface area (Å²) < 4.78 is 0. The van der Waals surface area contributed by atoms with Crippen LogP contribution in [0.5, 0.6) is 0 Å². The zero-order valence-electron chi connectivity index (χ0n) is 16.5. The maximum atomic E-state index is 13.6. The van der Waals surface area contributed by atoms with E-state index in [9.17, 15) is 14.4 Å². The number of carbonyl (C=O) groups is 3. The van der Waals surface area contributed by atoms with Gasteiger partial charge < -0.3 is 10.2 Å². The van der Waals surface area contributed by atoms with Crippen LogP contribution in [0.15, 0.2) is 42.5 Å². The third kappa shape index (κ3) is 2.82. The monoisotopic (exact) mass is 411 g/mol. The maximum absolute atomic E-state index is 13.6. The molecular weight excluding hydrogens is 390 g/mol. The number of hydrogen-bond donors (Lipinski definition) is 1. The van der Waals surface area contributed by atoms with Crippen LogP contribution in [0, 0.1) is 6.92 Å². The number of aryl methyl sites for hydroxylation is 1. The van der Waals surface area contributed by atoms with E-state index in [0.29, 0.717) is 22.0 Å². The van der Waals surface area contributed by atoms with Crippen LogP contribution in [0.1, 0.15) is 42.6 Å². The molecule has 1 atom stereocenters. The van der Waals surface area contributed by atoms with Gasteiger partial charge in [-0.1, -0.05) is 29.8 Å². The third-order valence-corrected chi connectivity index (χ3v) is 6.02. The van der Waals surface area contributed by atoms with E-state index in [4.69, 9.17) is 11.6 Å². The molecule has 3 amide bonds. The largest absolute Gasteiger partial charge is 0.322 e. The highest BCUT2D eigenvalue weighted by atomic mass is 35.5. The fourth-order valence-corrected chi connectivity index (χ4v) is 4.49. The molecule has 1 saturated heterocycles. The zero-order chi connectivity index (χ0) is 20.9. The fraction of sp³-hybridized carbons (Fsp3) is 0.318. The van der Waals surface area contributed by atoms with Crippen LogP contribution in [0.3, 0.4) is 0 Å². The number of para-hydroxylation sites is 1. The van der Waals surface area contributed by atoms with Gasteiger partial charge in [0.05, 0.1) is 11.3 Å². The van der Waals surface area contributed by atoms with Crippen molar-refractivity contribution in [1.29, 1.82) is 0 Å².